The summed E-state index contributed by atoms with van der Waals surface area (Å²) in [6.45, 7) is 3.80. The third-order valence-corrected chi connectivity index (χ3v) is 2.80. The van der Waals surface area contributed by atoms with Crippen LogP contribution in [0.25, 0.3) is 11.5 Å². The first-order valence-corrected chi connectivity index (χ1v) is 5.50. The van der Waals surface area contributed by atoms with Crippen LogP contribution in [0.1, 0.15) is 18.4 Å². The summed E-state index contributed by atoms with van der Waals surface area (Å²) in [5.41, 5.74) is 1.53. The third kappa shape index (κ3) is 1.78. The quantitative estimate of drug-likeness (QED) is 0.645. The Bertz CT molecular complexity index is 502. The molecule has 1 aromatic carbocycles. The molecule has 1 aromatic heterocycles. The van der Waals surface area contributed by atoms with Gasteiger partial charge in [-0.3, -0.25) is 5.21 Å². The van der Waals surface area contributed by atoms with Crippen LogP contribution in [0.4, 0.5) is 0 Å². The largest absolute Gasteiger partial charge is 0.429 e. The lowest BCUT2D eigenvalue weighted by atomic mass is 10.2. The van der Waals surface area contributed by atoms with Crippen molar-refractivity contribution in [1.82, 2.24) is 0 Å². The normalized spacial score (nSPS) is 10.7. The molecule has 4 heteroatoms. The van der Waals surface area contributed by atoms with Crippen LogP contribution in [0.2, 0.25) is 5.02 Å². The maximum absolute atomic E-state index is 9.86. The van der Waals surface area contributed by atoms with Gasteiger partial charge < -0.3 is 4.42 Å². The highest BCUT2D eigenvalue weighted by Gasteiger charge is 2.26. The molecule has 84 valence electrons. The summed E-state index contributed by atoms with van der Waals surface area (Å²) < 4.78 is 6.66. The summed E-state index contributed by atoms with van der Waals surface area (Å²) in [6.07, 6.45) is 0.750. The van der Waals surface area contributed by atoms with Crippen LogP contribution in [-0.2, 0) is 6.42 Å². The minimum Gasteiger partial charge on any atom is -0.399 e. The molecule has 1 N–H and O–H groups in total. The van der Waals surface area contributed by atoms with Crippen molar-refractivity contribution >= 4 is 11.6 Å². The van der Waals surface area contributed by atoms with Gasteiger partial charge in [0.15, 0.2) is 5.76 Å². The summed E-state index contributed by atoms with van der Waals surface area (Å²) in [7, 11) is 0. The van der Waals surface area contributed by atoms with Crippen molar-refractivity contribution in [3.8, 4) is 11.5 Å². The van der Waals surface area contributed by atoms with Gasteiger partial charge in [0.2, 0.25) is 0 Å². The van der Waals surface area contributed by atoms with Crippen LogP contribution in [0.5, 0.6) is 0 Å². The Kier molecular flexibility index (Phi) is 2.88. The molecule has 16 heavy (non-hydrogen) atoms. The Labute approximate surface area is 98.9 Å². The molecule has 0 aliphatic carbocycles. The highest BCUT2D eigenvalue weighted by molar-refractivity contribution is 6.30. The summed E-state index contributed by atoms with van der Waals surface area (Å²) in [5.74, 6) is 1.22. The lowest BCUT2D eigenvalue weighted by Gasteiger charge is -1.91. The summed E-state index contributed by atoms with van der Waals surface area (Å²) in [5, 5.41) is 10.5. The molecular formula is C12H13ClNO2+. The lowest BCUT2D eigenvalue weighted by molar-refractivity contribution is -0.901. The van der Waals surface area contributed by atoms with E-state index < -0.39 is 0 Å². The average Bonchev–Trinajstić information content (AvgIpc) is 2.57. The van der Waals surface area contributed by atoms with E-state index in [0.29, 0.717) is 10.9 Å². The van der Waals surface area contributed by atoms with E-state index in [1.165, 1.54) is 0 Å². The topological polar surface area (TPSA) is 37.2 Å². The first kappa shape index (κ1) is 11.0. The zero-order valence-corrected chi connectivity index (χ0v) is 9.95. The van der Waals surface area contributed by atoms with E-state index in [1.54, 1.807) is 12.1 Å². The average molecular weight is 239 g/mol. The van der Waals surface area contributed by atoms with E-state index in [4.69, 9.17) is 16.0 Å². The first-order valence-electron chi connectivity index (χ1n) is 5.13. The molecule has 0 amide bonds. The van der Waals surface area contributed by atoms with Gasteiger partial charge in [-0.15, -0.1) is 0 Å². The molecule has 0 aliphatic heterocycles. The number of rotatable bonds is 2. The van der Waals surface area contributed by atoms with Gasteiger partial charge in [0.05, 0.1) is 10.3 Å². The van der Waals surface area contributed by atoms with Crippen LogP contribution >= 0.6 is 11.6 Å². The van der Waals surface area contributed by atoms with Gasteiger partial charge in [-0.05, 0) is 24.3 Å². The molecule has 0 bridgehead atoms. The van der Waals surface area contributed by atoms with E-state index in [-0.39, 0.29) is 0 Å². The molecule has 0 unspecified atom stereocenters. The smallest absolute Gasteiger partial charge is 0.399 e. The van der Waals surface area contributed by atoms with Crippen molar-refractivity contribution in [2.45, 2.75) is 20.3 Å². The summed E-state index contributed by atoms with van der Waals surface area (Å²) >= 11 is 5.80. The van der Waals surface area contributed by atoms with Gasteiger partial charge in [0, 0.05) is 18.4 Å². The lowest BCUT2D eigenvalue weighted by Crippen LogP contribution is -2.33. The van der Waals surface area contributed by atoms with Gasteiger partial charge in [-0.1, -0.05) is 18.5 Å². The number of benzene rings is 1. The van der Waals surface area contributed by atoms with Crippen LogP contribution in [-0.4, -0.2) is 5.21 Å². The number of nitrogens with zero attached hydrogens (tertiary/aromatic N) is 1. The molecule has 0 atom stereocenters. The van der Waals surface area contributed by atoms with Crippen molar-refractivity contribution < 1.29 is 14.4 Å². The Morgan fingerprint density at radius 2 is 1.94 bits per heavy atom. The zero-order chi connectivity index (χ0) is 11.7. The minimum atomic E-state index is 0.436. The number of hydrogen-bond acceptors (Lipinski definition) is 2. The fourth-order valence-electron chi connectivity index (χ4n) is 1.61. The van der Waals surface area contributed by atoms with E-state index in [9.17, 15) is 5.21 Å². The van der Waals surface area contributed by atoms with E-state index in [0.717, 1.165) is 28.2 Å². The highest BCUT2D eigenvalue weighted by Crippen LogP contribution is 2.21. The van der Waals surface area contributed by atoms with E-state index >= 15 is 0 Å². The number of halogens is 1. The molecule has 2 rings (SSSR count). The molecule has 0 radical (unpaired) electrons. The second-order valence-corrected chi connectivity index (χ2v) is 4.02. The first-order chi connectivity index (χ1) is 7.63. The maximum atomic E-state index is 9.86. The molecule has 3 nitrogen and oxygen atoms in total. The van der Waals surface area contributed by atoms with Crippen LogP contribution in [0, 0.1) is 6.92 Å². The van der Waals surface area contributed by atoms with Crippen LogP contribution < -0.4 is 4.73 Å². The zero-order valence-electron chi connectivity index (χ0n) is 9.20. The molecule has 0 saturated carbocycles. The van der Waals surface area contributed by atoms with E-state index in [1.807, 2.05) is 26.0 Å². The Hall–Kier alpha value is -1.48. The van der Waals surface area contributed by atoms with Crippen molar-refractivity contribution in [2.24, 2.45) is 0 Å². The van der Waals surface area contributed by atoms with Gasteiger partial charge in [-0.25, -0.2) is 0 Å². The van der Waals surface area contributed by atoms with E-state index in [2.05, 4.69) is 0 Å². The molecule has 0 aliphatic rings. The van der Waals surface area contributed by atoms with Gasteiger partial charge in [-0.2, -0.15) is 0 Å². The Morgan fingerprint density at radius 3 is 2.44 bits per heavy atom. The SMILES string of the molecule is CCc1oc(-c2ccc(Cl)cc2)[n+](O)c1C. The molecule has 2 aromatic rings. The predicted molar refractivity (Wildman–Crippen MR) is 60.6 cm³/mol. The highest BCUT2D eigenvalue weighted by atomic mass is 35.5. The number of hydrogen-bond donors (Lipinski definition) is 1. The summed E-state index contributed by atoms with van der Waals surface area (Å²) in [4.78, 5) is 0. The molecule has 0 saturated heterocycles. The van der Waals surface area contributed by atoms with Gasteiger partial charge in [0.25, 0.3) is 5.69 Å². The number of oxazole rings is 1. The van der Waals surface area contributed by atoms with Crippen molar-refractivity contribution in [2.75, 3.05) is 0 Å². The number of aromatic nitrogens is 1. The number of aryl methyl sites for hydroxylation is 1. The van der Waals surface area contributed by atoms with Gasteiger partial charge >= 0.3 is 5.89 Å². The van der Waals surface area contributed by atoms with Crippen LogP contribution in [0.3, 0.4) is 0 Å². The standard InChI is InChI=1S/C12H13ClNO2/c1-3-11-8(2)14(15)12(16-11)9-4-6-10(13)7-5-9/h4-7,15H,3H2,1-2H3/q+1. The molecule has 0 spiro atoms. The second-order valence-electron chi connectivity index (χ2n) is 3.59. The van der Waals surface area contributed by atoms with Gasteiger partial charge in [0.1, 0.15) is 0 Å². The van der Waals surface area contributed by atoms with Crippen molar-refractivity contribution in [1.29, 1.82) is 0 Å². The molecular weight excluding hydrogens is 226 g/mol. The fraction of sp³-hybridized carbons (Fsp3) is 0.250. The Morgan fingerprint density at radius 1 is 1.31 bits per heavy atom. The molecule has 0 fully saturated rings. The fourth-order valence-corrected chi connectivity index (χ4v) is 1.73. The second kappa shape index (κ2) is 4.18. The monoisotopic (exact) mass is 238 g/mol. The predicted octanol–water partition coefficient (Wildman–Crippen LogP) is 3.00. The van der Waals surface area contributed by atoms with Crippen molar-refractivity contribution in [3.05, 3.63) is 40.7 Å². The minimum absolute atomic E-state index is 0.436. The van der Waals surface area contributed by atoms with Crippen molar-refractivity contribution in [3.63, 3.8) is 0 Å². The molecule has 1 heterocycles. The maximum Gasteiger partial charge on any atom is 0.429 e. The third-order valence-electron chi connectivity index (χ3n) is 2.55. The van der Waals surface area contributed by atoms with Crippen LogP contribution in [0.15, 0.2) is 28.7 Å². The Balaban J connectivity index is 2.52. The summed E-state index contributed by atoms with van der Waals surface area (Å²) in [6, 6.07) is 7.15.